The number of rotatable bonds is 2. The van der Waals surface area contributed by atoms with E-state index in [1.165, 1.54) is 0 Å². The summed E-state index contributed by atoms with van der Waals surface area (Å²) >= 11 is 1.88. The molecule has 1 aromatic carbocycles. The van der Waals surface area contributed by atoms with Crippen LogP contribution in [-0.2, 0) is 0 Å². The fourth-order valence-electron chi connectivity index (χ4n) is 2.09. The van der Waals surface area contributed by atoms with Gasteiger partial charge in [-0.1, -0.05) is 6.07 Å². The largest absolute Gasteiger partial charge is 0.348 e. The first kappa shape index (κ1) is 11.5. The van der Waals surface area contributed by atoms with Gasteiger partial charge in [0.05, 0.1) is 11.1 Å². The van der Waals surface area contributed by atoms with Crippen molar-refractivity contribution in [2.24, 2.45) is 0 Å². The number of thioether (sulfide) groups is 1. The van der Waals surface area contributed by atoms with E-state index in [0.717, 1.165) is 23.4 Å². The number of amides is 1. The molecule has 1 aliphatic heterocycles. The Balaban J connectivity index is 1.91. The van der Waals surface area contributed by atoms with Gasteiger partial charge in [0.2, 0.25) is 0 Å². The predicted molar refractivity (Wildman–Crippen MR) is 72.7 cm³/mol. The molecule has 0 aliphatic carbocycles. The summed E-state index contributed by atoms with van der Waals surface area (Å²) in [4.78, 5) is 20.7. The van der Waals surface area contributed by atoms with Gasteiger partial charge >= 0.3 is 0 Å². The van der Waals surface area contributed by atoms with Crippen LogP contribution in [0.2, 0.25) is 0 Å². The van der Waals surface area contributed by atoms with Crippen molar-refractivity contribution in [2.45, 2.75) is 12.5 Å². The number of carbonyl (C=O) groups excluding carboxylic acids is 1. The van der Waals surface area contributed by atoms with Gasteiger partial charge in [-0.25, -0.2) is 0 Å². The summed E-state index contributed by atoms with van der Waals surface area (Å²) < 4.78 is 0. The standard InChI is InChI=1S/C13H13N3OS/c17-13(16-9-4-7-18-8-9)10-2-1-3-11-12(10)15-6-5-14-11/h1-3,5-6,9H,4,7-8H2,(H,16,17). The van der Waals surface area contributed by atoms with Crippen LogP contribution in [0, 0.1) is 0 Å². The summed E-state index contributed by atoms with van der Waals surface area (Å²) in [5, 5.41) is 3.06. The topological polar surface area (TPSA) is 54.9 Å². The SMILES string of the molecule is O=C(NC1CCSC1)c1cccc2nccnc12. The first-order valence-electron chi connectivity index (χ1n) is 5.93. The molecule has 2 heterocycles. The third kappa shape index (κ3) is 2.18. The van der Waals surface area contributed by atoms with Crippen molar-refractivity contribution in [1.29, 1.82) is 0 Å². The maximum absolute atomic E-state index is 12.2. The zero-order chi connectivity index (χ0) is 12.4. The second-order valence-electron chi connectivity index (χ2n) is 4.26. The summed E-state index contributed by atoms with van der Waals surface area (Å²) in [6, 6.07) is 5.79. The van der Waals surface area contributed by atoms with Gasteiger partial charge in [0, 0.05) is 24.2 Å². The minimum Gasteiger partial charge on any atom is -0.348 e. The van der Waals surface area contributed by atoms with E-state index in [0.29, 0.717) is 11.1 Å². The maximum atomic E-state index is 12.2. The van der Waals surface area contributed by atoms with Crippen molar-refractivity contribution in [3.8, 4) is 0 Å². The molecule has 1 aliphatic rings. The van der Waals surface area contributed by atoms with Crippen LogP contribution in [0.3, 0.4) is 0 Å². The number of benzene rings is 1. The third-order valence-corrected chi connectivity index (χ3v) is 4.17. The molecule has 1 N–H and O–H groups in total. The number of nitrogens with one attached hydrogen (secondary N) is 1. The summed E-state index contributed by atoms with van der Waals surface area (Å²) in [6.07, 6.45) is 4.30. The fraction of sp³-hybridized carbons (Fsp3) is 0.308. The van der Waals surface area contributed by atoms with Crippen LogP contribution < -0.4 is 5.32 Å². The molecule has 0 saturated carbocycles. The Bertz CT molecular complexity index is 576. The quantitative estimate of drug-likeness (QED) is 0.894. The second-order valence-corrected chi connectivity index (χ2v) is 5.41. The van der Waals surface area contributed by atoms with Gasteiger partial charge in [-0.15, -0.1) is 0 Å². The normalized spacial score (nSPS) is 19.0. The van der Waals surface area contributed by atoms with Crippen LogP contribution in [0.25, 0.3) is 11.0 Å². The van der Waals surface area contributed by atoms with Crippen molar-refractivity contribution >= 4 is 28.7 Å². The molecule has 2 aromatic rings. The molecule has 18 heavy (non-hydrogen) atoms. The number of para-hydroxylation sites is 1. The van der Waals surface area contributed by atoms with Crippen molar-refractivity contribution in [1.82, 2.24) is 15.3 Å². The Labute approximate surface area is 109 Å². The molecule has 1 unspecified atom stereocenters. The van der Waals surface area contributed by atoms with E-state index in [2.05, 4.69) is 15.3 Å². The molecule has 92 valence electrons. The monoisotopic (exact) mass is 259 g/mol. The number of aromatic nitrogens is 2. The Morgan fingerprint density at radius 3 is 3.06 bits per heavy atom. The van der Waals surface area contributed by atoms with E-state index in [1.54, 1.807) is 18.5 Å². The van der Waals surface area contributed by atoms with Crippen molar-refractivity contribution in [3.05, 3.63) is 36.2 Å². The number of hydrogen-bond donors (Lipinski definition) is 1. The molecule has 0 spiro atoms. The van der Waals surface area contributed by atoms with E-state index >= 15 is 0 Å². The Hall–Kier alpha value is -1.62. The Morgan fingerprint density at radius 1 is 1.33 bits per heavy atom. The van der Waals surface area contributed by atoms with Crippen molar-refractivity contribution < 1.29 is 4.79 Å². The van der Waals surface area contributed by atoms with E-state index in [4.69, 9.17) is 0 Å². The first-order valence-corrected chi connectivity index (χ1v) is 7.08. The summed E-state index contributed by atoms with van der Waals surface area (Å²) in [5.41, 5.74) is 2.03. The molecule has 1 fully saturated rings. The zero-order valence-electron chi connectivity index (χ0n) is 9.80. The molecule has 0 bridgehead atoms. The highest BCUT2D eigenvalue weighted by atomic mass is 32.2. The third-order valence-electron chi connectivity index (χ3n) is 3.01. The van der Waals surface area contributed by atoms with Gasteiger partial charge in [0.25, 0.3) is 5.91 Å². The van der Waals surface area contributed by atoms with Gasteiger partial charge in [0.15, 0.2) is 0 Å². The van der Waals surface area contributed by atoms with Gasteiger partial charge in [-0.2, -0.15) is 11.8 Å². The lowest BCUT2D eigenvalue weighted by atomic mass is 10.1. The number of fused-ring (bicyclic) bond motifs is 1. The first-order chi connectivity index (χ1) is 8.84. The average Bonchev–Trinajstić information content (AvgIpc) is 2.91. The lowest BCUT2D eigenvalue weighted by molar-refractivity contribution is 0.0942. The molecule has 1 aromatic heterocycles. The predicted octanol–water partition coefficient (Wildman–Crippen LogP) is 1.87. The number of hydrogen-bond acceptors (Lipinski definition) is 4. The molecule has 0 radical (unpaired) electrons. The lowest BCUT2D eigenvalue weighted by Gasteiger charge is -2.11. The molecule has 1 amide bonds. The summed E-state index contributed by atoms with van der Waals surface area (Å²) in [6.45, 7) is 0. The lowest BCUT2D eigenvalue weighted by Crippen LogP contribution is -2.34. The Kier molecular flexibility index (Phi) is 3.15. The van der Waals surface area contributed by atoms with Crippen LogP contribution in [-0.4, -0.2) is 33.4 Å². The Morgan fingerprint density at radius 2 is 2.22 bits per heavy atom. The molecule has 1 saturated heterocycles. The summed E-state index contributed by atoms with van der Waals surface area (Å²) in [7, 11) is 0. The fourth-order valence-corrected chi connectivity index (χ4v) is 3.24. The van der Waals surface area contributed by atoms with Gasteiger partial charge < -0.3 is 5.32 Å². The molecular weight excluding hydrogens is 246 g/mol. The highest BCUT2D eigenvalue weighted by Crippen LogP contribution is 2.19. The van der Waals surface area contributed by atoms with E-state index in [1.807, 2.05) is 23.9 Å². The van der Waals surface area contributed by atoms with Gasteiger partial charge in [-0.05, 0) is 24.3 Å². The average molecular weight is 259 g/mol. The van der Waals surface area contributed by atoms with Crippen LogP contribution in [0.5, 0.6) is 0 Å². The summed E-state index contributed by atoms with van der Waals surface area (Å²) in [5.74, 6) is 2.08. The van der Waals surface area contributed by atoms with Crippen LogP contribution in [0.15, 0.2) is 30.6 Å². The van der Waals surface area contributed by atoms with E-state index < -0.39 is 0 Å². The van der Waals surface area contributed by atoms with E-state index in [-0.39, 0.29) is 11.9 Å². The van der Waals surface area contributed by atoms with Crippen molar-refractivity contribution in [3.63, 3.8) is 0 Å². The molecule has 5 heteroatoms. The number of carbonyl (C=O) groups is 1. The smallest absolute Gasteiger partial charge is 0.253 e. The van der Waals surface area contributed by atoms with Crippen LogP contribution in [0.1, 0.15) is 16.8 Å². The molecular formula is C13H13N3OS. The van der Waals surface area contributed by atoms with Crippen LogP contribution in [0.4, 0.5) is 0 Å². The zero-order valence-corrected chi connectivity index (χ0v) is 10.6. The van der Waals surface area contributed by atoms with Crippen LogP contribution >= 0.6 is 11.8 Å². The van der Waals surface area contributed by atoms with Crippen molar-refractivity contribution in [2.75, 3.05) is 11.5 Å². The highest BCUT2D eigenvalue weighted by molar-refractivity contribution is 7.99. The minimum absolute atomic E-state index is 0.0476. The molecule has 3 rings (SSSR count). The second kappa shape index (κ2) is 4.94. The molecule has 1 atom stereocenters. The van der Waals surface area contributed by atoms with Gasteiger partial charge in [-0.3, -0.25) is 14.8 Å². The highest BCUT2D eigenvalue weighted by Gasteiger charge is 2.19. The minimum atomic E-state index is -0.0476. The number of nitrogens with zero attached hydrogens (tertiary/aromatic N) is 2. The maximum Gasteiger partial charge on any atom is 0.253 e. The molecule has 4 nitrogen and oxygen atoms in total. The van der Waals surface area contributed by atoms with Gasteiger partial charge in [0.1, 0.15) is 5.52 Å². The van der Waals surface area contributed by atoms with E-state index in [9.17, 15) is 4.79 Å².